The molecular weight excluding hydrogens is 302 g/mol. The van der Waals surface area contributed by atoms with Crippen LogP contribution in [-0.4, -0.2) is 36.5 Å². The number of benzene rings is 2. The van der Waals surface area contributed by atoms with Crippen LogP contribution in [0.2, 0.25) is 0 Å². The lowest BCUT2D eigenvalue weighted by molar-refractivity contribution is 0.0924. The minimum atomic E-state index is -0.0143. The number of piperidine rings is 1. The van der Waals surface area contributed by atoms with E-state index >= 15 is 0 Å². The first kappa shape index (κ1) is 15.0. The van der Waals surface area contributed by atoms with Crippen LogP contribution in [-0.2, 0) is 0 Å². The van der Waals surface area contributed by atoms with E-state index < -0.39 is 0 Å². The fraction of sp³-hybridized carbons (Fsp3) is 0.316. The number of nitrogens with one attached hydrogen (secondary N) is 1. The molecule has 0 spiro atoms. The molecule has 2 fully saturated rings. The van der Waals surface area contributed by atoms with E-state index in [0.717, 1.165) is 13.1 Å². The number of anilines is 1. The third kappa shape index (κ3) is 2.95. The molecule has 124 valence electrons. The predicted molar refractivity (Wildman–Crippen MR) is 93.2 cm³/mol. The van der Waals surface area contributed by atoms with E-state index in [0.29, 0.717) is 28.7 Å². The Morgan fingerprint density at radius 1 is 1.12 bits per heavy atom. The van der Waals surface area contributed by atoms with E-state index in [1.807, 2.05) is 18.2 Å². The molecule has 24 heavy (non-hydrogen) atoms. The highest BCUT2D eigenvalue weighted by Crippen LogP contribution is 2.29. The van der Waals surface area contributed by atoms with Gasteiger partial charge in [0, 0.05) is 24.7 Å². The van der Waals surface area contributed by atoms with E-state index in [-0.39, 0.29) is 11.9 Å². The molecule has 2 aromatic carbocycles. The molecule has 0 radical (unpaired) electrons. The SMILES string of the molecule is Nc1ccccc1Oc1ccc(C(=O)NC2CN3CCC2C3)cc1. The Morgan fingerprint density at radius 2 is 1.92 bits per heavy atom. The van der Waals surface area contributed by atoms with E-state index in [2.05, 4.69) is 10.2 Å². The maximum absolute atomic E-state index is 12.4. The van der Waals surface area contributed by atoms with Crippen molar-refractivity contribution in [2.24, 2.45) is 5.92 Å². The number of fused-ring (bicyclic) bond motifs is 2. The Kier molecular flexibility index (Phi) is 3.86. The number of nitrogen functional groups attached to an aromatic ring is 1. The number of para-hydroxylation sites is 2. The molecule has 0 aliphatic carbocycles. The third-order valence-corrected chi connectivity index (χ3v) is 4.91. The summed E-state index contributed by atoms with van der Waals surface area (Å²) in [4.78, 5) is 14.8. The van der Waals surface area contributed by atoms with Gasteiger partial charge in [0.2, 0.25) is 0 Å². The number of amides is 1. The maximum Gasteiger partial charge on any atom is 0.251 e. The molecule has 0 saturated carbocycles. The van der Waals surface area contributed by atoms with Gasteiger partial charge in [-0.05, 0) is 55.3 Å². The quantitative estimate of drug-likeness (QED) is 0.848. The minimum absolute atomic E-state index is 0.0143. The van der Waals surface area contributed by atoms with Crippen molar-refractivity contribution in [3.63, 3.8) is 0 Å². The van der Waals surface area contributed by atoms with Crippen LogP contribution in [0, 0.1) is 5.92 Å². The van der Waals surface area contributed by atoms with Gasteiger partial charge in [0.1, 0.15) is 11.5 Å². The smallest absolute Gasteiger partial charge is 0.251 e. The number of carbonyl (C=O) groups excluding carboxylic acids is 1. The molecule has 3 atom stereocenters. The summed E-state index contributed by atoms with van der Waals surface area (Å²) in [5.41, 5.74) is 7.12. The van der Waals surface area contributed by atoms with E-state index in [9.17, 15) is 4.79 Å². The lowest BCUT2D eigenvalue weighted by Crippen LogP contribution is -2.43. The van der Waals surface area contributed by atoms with Crippen molar-refractivity contribution in [3.05, 3.63) is 54.1 Å². The lowest BCUT2D eigenvalue weighted by atomic mass is 9.99. The van der Waals surface area contributed by atoms with Crippen molar-refractivity contribution in [2.75, 3.05) is 25.4 Å². The summed E-state index contributed by atoms with van der Waals surface area (Å²) in [7, 11) is 0. The number of hydrogen-bond acceptors (Lipinski definition) is 4. The van der Waals surface area contributed by atoms with E-state index in [1.54, 1.807) is 30.3 Å². The van der Waals surface area contributed by atoms with Gasteiger partial charge in [-0.1, -0.05) is 12.1 Å². The van der Waals surface area contributed by atoms with Gasteiger partial charge in [0.25, 0.3) is 5.91 Å². The molecule has 2 saturated heterocycles. The Morgan fingerprint density at radius 3 is 2.58 bits per heavy atom. The second-order valence-electron chi connectivity index (χ2n) is 6.55. The van der Waals surface area contributed by atoms with Crippen LogP contribution in [0.25, 0.3) is 0 Å². The monoisotopic (exact) mass is 323 g/mol. The van der Waals surface area contributed by atoms with E-state index in [1.165, 1.54) is 13.0 Å². The Labute approximate surface area is 141 Å². The van der Waals surface area contributed by atoms with Gasteiger partial charge in [0.05, 0.1) is 5.69 Å². The molecule has 3 N–H and O–H groups in total. The lowest BCUT2D eigenvalue weighted by Gasteiger charge is -2.23. The summed E-state index contributed by atoms with van der Waals surface area (Å²) >= 11 is 0. The van der Waals surface area contributed by atoms with Crippen molar-refractivity contribution in [2.45, 2.75) is 12.5 Å². The number of rotatable bonds is 4. The maximum atomic E-state index is 12.4. The average molecular weight is 323 g/mol. The van der Waals surface area contributed by atoms with Gasteiger partial charge in [0.15, 0.2) is 0 Å². The first-order chi connectivity index (χ1) is 11.7. The molecule has 5 nitrogen and oxygen atoms in total. The highest BCUT2D eigenvalue weighted by Gasteiger charge is 2.38. The highest BCUT2D eigenvalue weighted by atomic mass is 16.5. The second kappa shape index (κ2) is 6.17. The summed E-state index contributed by atoms with van der Waals surface area (Å²) in [5, 5.41) is 3.16. The molecule has 2 aliphatic rings. The topological polar surface area (TPSA) is 67.6 Å². The zero-order valence-corrected chi connectivity index (χ0v) is 13.4. The molecule has 2 heterocycles. The molecule has 2 aromatic rings. The number of carbonyl (C=O) groups is 1. The van der Waals surface area contributed by atoms with Crippen molar-refractivity contribution in [1.82, 2.24) is 10.2 Å². The van der Waals surface area contributed by atoms with Gasteiger partial charge in [-0.15, -0.1) is 0 Å². The van der Waals surface area contributed by atoms with Crippen LogP contribution in [0.5, 0.6) is 11.5 Å². The Balaban J connectivity index is 1.40. The molecule has 5 heteroatoms. The minimum Gasteiger partial charge on any atom is -0.455 e. The largest absolute Gasteiger partial charge is 0.455 e. The summed E-state index contributed by atoms with van der Waals surface area (Å²) < 4.78 is 5.75. The van der Waals surface area contributed by atoms with Crippen LogP contribution in [0.4, 0.5) is 5.69 Å². The summed E-state index contributed by atoms with van der Waals surface area (Å²) in [6.07, 6.45) is 1.19. The highest BCUT2D eigenvalue weighted by molar-refractivity contribution is 5.94. The number of ether oxygens (including phenoxy) is 1. The summed E-state index contributed by atoms with van der Waals surface area (Å²) in [6.45, 7) is 3.27. The molecular formula is C19H21N3O2. The Bertz CT molecular complexity index is 745. The number of nitrogens with zero attached hydrogens (tertiary/aromatic N) is 1. The van der Waals surface area contributed by atoms with Crippen molar-refractivity contribution < 1.29 is 9.53 Å². The summed E-state index contributed by atoms with van der Waals surface area (Å²) in [6, 6.07) is 14.8. The van der Waals surface area contributed by atoms with Crippen LogP contribution < -0.4 is 15.8 Å². The molecule has 4 rings (SSSR count). The zero-order chi connectivity index (χ0) is 16.5. The standard InChI is InChI=1S/C19H21N3O2/c20-16-3-1-2-4-18(16)24-15-7-5-13(6-8-15)19(23)21-17-12-22-10-9-14(17)11-22/h1-8,14,17H,9-12,20H2,(H,21,23). The second-order valence-corrected chi connectivity index (χ2v) is 6.55. The number of hydrogen-bond donors (Lipinski definition) is 2. The van der Waals surface area contributed by atoms with Gasteiger partial charge < -0.3 is 20.7 Å². The van der Waals surface area contributed by atoms with Crippen molar-refractivity contribution >= 4 is 11.6 Å². The van der Waals surface area contributed by atoms with Gasteiger partial charge in [-0.3, -0.25) is 4.79 Å². The molecule has 3 unspecified atom stereocenters. The zero-order valence-electron chi connectivity index (χ0n) is 13.4. The molecule has 0 aromatic heterocycles. The molecule has 2 bridgehead atoms. The van der Waals surface area contributed by atoms with Crippen molar-refractivity contribution in [1.29, 1.82) is 0 Å². The first-order valence-corrected chi connectivity index (χ1v) is 8.35. The molecule has 1 amide bonds. The molecule has 2 aliphatic heterocycles. The first-order valence-electron chi connectivity index (χ1n) is 8.35. The van der Waals surface area contributed by atoms with Gasteiger partial charge in [-0.2, -0.15) is 0 Å². The van der Waals surface area contributed by atoms with Crippen molar-refractivity contribution in [3.8, 4) is 11.5 Å². The van der Waals surface area contributed by atoms with Crippen LogP contribution in [0.15, 0.2) is 48.5 Å². The third-order valence-electron chi connectivity index (χ3n) is 4.91. The van der Waals surface area contributed by atoms with Crippen LogP contribution in [0.1, 0.15) is 16.8 Å². The fourth-order valence-corrected chi connectivity index (χ4v) is 3.57. The Hall–Kier alpha value is -2.53. The average Bonchev–Trinajstić information content (AvgIpc) is 3.20. The van der Waals surface area contributed by atoms with Gasteiger partial charge >= 0.3 is 0 Å². The fourth-order valence-electron chi connectivity index (χ4n) is 3.57. The van der Waals surface area contributed by atoms with Gasteiger partial charge in [-0.25, -0.2) is 0 Å². The van der Waals surface area contributed by atoms with Crippen LogP contribution >= 0.6 is 0 Å². The van der Waals surface area contributed by atoms with Crippen LogP contribution in [0.3, 0.4) is 0 Å². The summed E-state index contributed by atoms with van der Waals surface area (Å²) in [5.74, 6) is 1.87. The normalized spacial score (nSPS) is 24.8. The predicted octanol–water partition coefficient (Wildman–Crippen LogP) is 2.50. The van der Waals surface area contributed by atoms with E-state index in [4.69, 9.17) is 10.5 Å². The number of nitrogens with two attached hydrogens (primary N) is 1.